The van der Waals surface area contributed by atoms with Crippen LogP contribution in [-0.4, -0.2) is 24.8 Å². The first-order valence-electron chi connectivity index (χ1n) is 6.13. The highest BCUT2D eigenvalue weighted by atomic mass is 16.5. The summed E-state index contributed by atoms with van der Waals surface area (Å²) in [6.45, 7) is 5.47. The molecule has 2 rings (SSSR count). The third-order valence-electron chi connectivity index (χ3n) is 3.64. The molecular formula is C12H23NO. The highest BCUT2D eigenvalue weighted by Gasteiger charge is 2.27. The number of ether oxygens (including phenoxy) is 1. The highest BCUT2D eigenvalue weighted by Crippen LogP contribution is 2.24. The molecule has 1 aliphatic carbocycles. The quantitative estimate of drug-likeness (QED) is 0.750. The summed E-state index contributed by atoms with van der Waals surface area (Å²) in [6.07, 6.45) is 7.12. The number of rotatable bonds is 3. The van der Waals surface area contributed by atoms with Crippen LogP contribution in [0.3, 0.4) is 0 Å². The van der Waals surface area contributed by atoms with Crippen molar-refractivity contribution in [1.29, 1.82) is 0 Å². The minimum Gasteiger partial charge on any atom is -0.378 e. The Morgan fingerprint density at radius 2 is 1.93 bits per heavy atom. The molecule has 0 aromatic heterocycles. The maximum Gasteiger partial charge on any atom is 0.0612 e. The molecule has 0 aromatic rings. The Morgan fingerprint density at radius 1 is 1.14 bits per heavy atom. The molecule has 2 atom stereocenters. The van der Waals surface area contributed by atoms with Crippen LogP contribution in [0.2, 0.25) is 0 Å². The molecule has 2 nitrogen and oxygen atoms in total. The summed E-state index contributed by atoms with van der Waals surface area (Å²) in [6, 6.07) is 1.55. The summed E-state index contributed by atoms with van der Waals surface area (Å²) < 4.78 is 5.76. The van der Waals surface area contributed by atoms with Crippen molar-refractivity contribution in [2.45, 2.75) is 64.1 Å². The first-order valence-corrected chi connectivity index (χ1v) is 6.13. The van der Waals surface area contributed by atoms with Crippen molar-refractivity contribution >= 4 is 0 Å². The normalized spacial score (nSPS) is 34.5. The molecule has 2 fully saturated rings. The second-order valence-corrected chi connectivity index (χ2v) is 5.17. The molecule has 0 spiro atoms. The summed E-state index contributed by atoms with van der Waals surface area (Å²) >= 11 is 0. The summed E-state index contributed by atoms with van der Waals surface area (Å²) in [7, 11) is 0. The van der Waals surface area contributed by atoms with Crippen molar-refractivity contribution in [3.63, 3.8) is 0 Å². The van der Waals surface area contributed by atoms with Gasteiger partial charge in [-0.2, -0.15) is 0 Å². The predicted octanol–water partition coefficient (Wildman–Crippen LogP) is 2.33. The lowest BCUT2D eigenvalue weighted by molar-refractivity contribution is -0.0273. The van der Waals surface area contributed by atoms with Gasteiger partial charge in [0.1, 0.15) is 0 Å². The lowest BCUT2D eigenvalue weighted by atomic mass is 9.89. The molecule has 0 aromatic carbocycles. The standard InChI is InChI=1S/C12H23NO/c1-9(2)12-8-11(6-7-14-12)13-10-4-3-5-10/h9-13H,3-8H2,1-2H3. The lowest BCUT2D eigenvalue weighted by Crippen LogP contribution is -2.47. The maximum atomic E-state index is 5.76. The molecule has 1 saturated carbocycles. The average molecular weight is 197 g/mol. The third-order valence-corrected chi connectivity index (χ3v) is 3.64. The predicted molar refractivity (Wildman–Crippen MR) is 58.4 cm³/mol. The SMILES string of the molecule is CC(C)C1CC(NC2CCC2)CCO1. The van der Waals surface area contributed by atoms with E-state index in [2.05, 4.69) is 19.2 Å². The van der Waals surface area contributed by atoms with Gasteiger partial charge in [0.05, 0.1) is 6.10 Å². The Hall–Kier alpha value is -0.0800. The molecule has 1 aliphatic heterocycles. The van der Waals surface area contributed by atoms with Gasteiger partial charge < -0.3 is 10.1 Å². The molecule has 0 amide bonds. The first-order chi connectivity index (χ1) is 6.75. The number of hydrogen-bond donors (Lipinski definition) is 1. The third kappa shape index (κ3) is 2.48. The Kier molecular flexibility index (Phi) is 3.45. The van der Waals surface area contributed by atoms with Gasteiger partial charge in [-0.05, 0) is 31.6 Å². The molecule has 14 heavy (non-hydrogen) atoms. The summed E-state index contributed by atoms with van der Waals surface area (Å²) in [5.74, 6) is 0.668. The molecule has 2 unspecified atom stereocenters. The van der Waals surface area contributed by atoms with Crippen molar-refractivity contribution in [3.05, 3.63) is 0 Å². The van der Waals surface area contributed by atoms with E-state index >= 15 is 0 Å². The van der Waals surface area contributed by atoms with Crippen LogP contribution < -0.4 is 5.32 Å². The summed E-state index contributed by atoms with van der Waals surface area (Å²) in [5.41, 5.74) is 0. The van der Waals surface area contributed by atoms with Crippen LogP contribution in [0.4, 0.5) is 0 Å². The second kappa shape index (κ2) is 4.63. The van der Waals surface area contributed by atoms with E-state index in [1.165, 1.54) is 32.1 Å². The van der Waals surface area contributed by atoms with Crippen molar-refractivity contribution in [1.82, 2.24) is 5.32 Å². The summed E-state index contributed by atoms with van der Waals surface area (Å²) in [5, 5.41) is 3.76. The van der Waals surface area contributed by atoms with E-state index < -0.39 is 0 Å². The fourth-order valence-corrected chi connectivity index (χ4v) is 2.35. The Bertz CT molecular complexity index is 177. The van der Waals surface area contributed by atoms with Gasteiger partial charge in [0.2, 0.25) is 0 Å². The van der Waals surface area contributed by atoms with E-state index in [9.17, 15) is 0 Å². The van der Waals surface area contributed by atoms with Crippen LogP contribution in [0.15, 0.2) is 0 Å². The monoisotopic (exact) mass is 197 g/mol. The second-order valence-electron chi connectivity index (χ2n) is 5.17. The largest absolute Gasteiger partial charge is 0.378 e. The van der Waals surface area contributed by atoms with E-state index in [0.717, 1.165) is 18.7 Å². The van der Waals surface area contributed by atoms with Gasteiger partial charge in [-0.1, -0.05) is 20.3 Å². The zero-order valence-corrected chi connectivity index (χ0v) is 9.46. The minimum absolute atomic E-state index is 0.487. The average Bonchev–Trinajstić information content (AvgIpc) is 2.12. The van der Waals surface area contributed by atoms with Crippen LogP contribution in [0.1, 0.15) is 46.0 Å². The molecule has 2 aliphatic rings. The van der Waals surface area contributed by atoms with Crippen LogP contribution in [0.5, 0.6) is 0 Å². The maximum absolute atomic E-state index is 5.76. The number of nitrogens with one attached hydrogen (secondary N) is 1. The van der Waals surface area contributed by atoms with Crippen molar-refractivity contribution in [3.8, 4) is 0 Å². The van der Waals surface area contributed by atoms with Crippen LogP contribution in [0, 0.1) is 5.92 Å². The molecule has 0 radical (unpaired) electrons. The first kappa shape index (κ1) is 10.4. The van der Waals surface area contributed by atoms with Gasteiger partial charge in [0, 0.05) is 18.7 Å². The van der Waals surface area contributed by atoms with Crippen LogP contribution in [-0.2, 0) is 4.74 Å². The van der Waals surface area contributed by atoms with E-state index in [1.807, 2.05) is 0 Å². The molecule has 1 saturated heterocycles. The van der Waals surface area contributed by atoms with Gasteiger partial charge >= 0.3 is 0 Å². The van der Waals surface area contributed by atoms with Crippen molar-refractivity contribution in [2.24, 2.45) is 5.92 Å². The topological polar surface area (TPSA) is 21.3 Å². The molecule has 0 bridgehead atoms. The van der Waals surface area contributed by atoms with Gasteiger partial charge in [-0.25, -0.2) is 0 Å². The highest BCUT2D eigenvalue weighted by molar-refractivity contribution is 4.85. The zero-order chi connectivity index (χ0) is 9.97. The number of hydrogen-bond acceptors (Lipinski definition) is 2. The van der Waals surface area contributed by atoms with Crippen LogP contribution >= 0.6 is 0 Å². The Labute approximate surface area is 87.4 Å². The summed E-state index contributed by atoms with van der Waals surface area (Å²) in [4.78, 5) is 0. The van der Waals surface area contributed by atoms with Gasteiger partial charge in [-0.3, -0.25) is 0 Å². The van der Waals surface area contributed by atoms with E-state index in [-0.39, 0.29) is 0 Å². The minimum atomic E-state index is 0.487. The zero-order valence-electron chi connectivity index (χ0n) is 9.46. The van der Waals surface area contributed by atoms with Gasteiger partial charge in [-0.15, -0.1) is 0 Å². The molecule has 82 valence electrons. The van der Waals surface area contributed by atoms with Crippen molar-refractivity contribution in [2.75, 3.05) is 6.61 Å². The van der Waals surface area contributed by atoms with Gasteiger partial charge in [0.15, 0.2) is 0 Å². The fourth-order valence-electron chi connectivity index (χ4n) is 2.35. The fraction of sp³-hybridized carbons (Fsp3) is 1.00. The molecule has 1 N–H and O–H groups in total. The lowest BCUT2D eigenvalue weighted by Gasteiger charge is -2.37. The smallest absolute Gasteiger partial charge is 0.0612 e. The molecule has 2 heteroatoms. The van der Waals surface area contributed by atoms with E-state index in [0.29, 0.717) is 12.0 Å². The molecule has 1 heterocycles. The van der Waals surface area contributed by atoms with Gasteiger partial charge in [0.25, 0.3) is 0 Å². The van der Waals surface area contributed by atoms with Crippen LogP contribution in [0.25, 0.3) is 0 Å². The Balaban J connectivity index is 1.75. The van der Waals surface area contributed by atoms with Crippen molar-refractivity contribution < 1.29 is 4.74 Å². The van der Waals surface area contributed by atoms with E-state index in [4.69, 9.17) is 4.74 Å². The van der Waals surface area contributed by atoms with E-state index in [1.54, 1.807) is 0 Å². The molecular weight excluding hydrogens is 174 g/mol. The Morgan fingerprint density at radius 3 is 2.50 bits per heavy atom.